The second kappa shape index (κ2) is 17.6. The van der Waals surface area contributed by atoms with Crippen LogP contribution in [0, 0.1) is 0 Å². The van der Waals surface area contributed by atoms with Gasteiger partial charge in [0.1, 0.15) is 11.8 Å². The molecule has 5 rings (SSSR count). The molecule has 1 aliphatic heterocycles. The second-order valence-electron chi connectivity index (χ2n) is 14.3. The minimum atomic E-state index is -1.22. The minimum absolute atomic E-state index is 0.00573. The largest absolute Gasteiger partial charge is 0.496 e. The number of ether oxygens (including phenoxy) is 3. The van der Waals surface area contributed by atoms with E-state index >= 15 is 0 Å². The Balaban J connectivity index is 1.37. The van der Waals surface area contributed by atoms with Crippen LogP contribution in [-0.2, 0) is 34.1 Å². The first-order chi connectivity index (χ1) is 25.4. The zero-order valence-corrected chi connectivity index (χ0v) is 31.3. The number of methoxy groups -OCH3 is 1. The highest BCUT2D eigenvalue weighted by atomic mass is 16.5. The van der Waals surface area contributed by atoms with Gasteiger partial charge >= 0.3 is 11.9 Å². The van der Waals surface area contributed by atoms with Crippen LogP contribution in [0.4, 0.5) is 0 Å². The lowest BCUT2D eigenvalue weighted by atomic mass is 9.62. The molecule has 3 atom stereocenters. The highest BCUT2D eigenvalue weighted by Gasteiger charge is 2.49. The van der Waals surface area contributed by atoms with Crippen molar-refractivity contribution in [2.24, 2.45) is 0 Å². The van der Waals surface area contributed by atoms with Crippen molar-refractivity contribution in [2.75, 3.05) is 20.2 Å². The number of piperidine rings is 1. The maximum absolute atomic E-state index is 14.8. The summed E-state index contributed by atoms with van der Waals surface area (Å²) in [4.78, 5) is 69.7. The molecule has 0 radical (unpaired) electrons. The van der Waals surface area contributed by atoms with Crippen LogP contribution in [0.5, 0.6) is 5.75 Å². The molecule has 2 N–H and O–H groups in total. The summed E-state index contributed by atoms with van der Waals surface area (Å²) >= 11 is 0. The summed E-state index contributed by atoms with van der Waals surface area (Å²) < 4.78 is 16.2. The van der Waals surface area contributed by atoms with Crippen molar-refractivity contribution in [2.45, 2.75) is 102 Å². The Bertz CT molecular complexity index is 1770. The van der Waals surface area contributed by atoms with Crippen LogP contribution in [0.2, 0.25) is 0 Å². The van der Waals surface area contributed by atoms with Gasteiger partial charge in [0.2, 0.25) is 11.8 Å². The van der Waals surface area contributed by atoms with E-state index in [2.05, 4.69) is 10.6 Å². The summed E-state index contributed by atoms with van der Waals surface area (Å²) in [5.74, 6) is -1.71. The number of amides is 3. The van der Waals surface area contributed by atoms with Gasteiger partial charge in [0, 0.05) is 25.6 Å². The van der Waals surface area contributed by atoms with E-state index in [-0.39, 0.29) is 36.8 Å². The number of carbonyl (C=O) groups excluding carboxylic acids is 5. The van der Waals surface area contributed by atoms with E-state index < -0.39 is 41.3 Å². The number of hydrogen-bond acceptors (Lipinski definition) is 8. The van der Waals surface area contributed by atoms with Gasteiger partial charge in [-0.25, -0.2) is 4.79 Å². The van der Waals surface area contributed by atoms with Gasteiger partial charge in [-0.05, 0) is 88.6 Å². The fourth-order valence-corrected chi connectivity index (χ4v) is 7.48. The van der Waals surface area contributed by atoms with E-state index in [0.29, 0.717) is 55.6 Å². The first kappa shape index (κ1) is 39.0. The smallest absolute Gasteiger partial charge is 0.328 e. The fourth-order valence-electron chi connectivity index (χ4n) is 7.48. The summed E-state index contributed by atoms with van der Waals surface area (Å²) in [6.07, 6.45) is 1.10. The van der Waals surface area contributed by atoms with E-state index in [1.165, 1.54) is 7.11 Å². The Morgan fingerprint density at radius 1 is 0.811 bits per heavy atom. The maximum atomic E-state index is 14.8. The Morgan fingerprint density at radius 3 is 2.13 bits per heavy atom. The normalized spacial score (nSPS) is 19.2. The van der Waals surface area contributed by atoms with Crippen molar-refractivity contribution in [3.8, 4) is 5.75 Å². The van der Waals surface area contributed by atoms with Crippen LogP contribution < -0.4 is 15.4 Å². The summed E-state index contributed by atoms with van der Waals surface area (Å²) in [7, 11) is 1.53. The third-order valence-electron chi connectivity index (χ3n) is 10.00. The Morgan fingerprint density at radius 2 is 1.45 bits per heavy atom. The number of hydrogen-bond donors (Lipinski definition) is 2. The second-order valence-corrected chi connectivity index (χ2v) is 14.3. The number of benzene rings is 3. The number of likely N-dealkylation sites (tertiary alicyclic amines) is 1. The fraction of sp³-hybridized carbons (Fsp3) is 0.452. The van der Waals surface area contributed by atoms with Crippen LogP contribution in [-0.4, -0.2) is 79.1 Å². The quantitative estimate of drug-likeness (QED) is 0.222. The SMILES string of the molecule is COc1ccccc1C(=O)NC1CCN(C(=O)[C@H]2CC[C@@](C(=O)N[C@@H](CCC(=O)OC(C)C)C(=O)OC(C)C)(c3ccccc3)c3ccccc32)CC1. The highest BCUT2D eigenvalue weighted by Crippen LogP contribution is 2.48. The standard InChI is InChI=1S/C42H51N3O8/c1-27(2)52-37(46)20-19-35(40(49)53-28(3)4)44-41(50)42(29-13-7-6-8-14-29)24-21-32(31-15-9-11-17-34(31)42)39(48)45-25-22-30(23-26-45)43-38(47)33-16-10-12-18-36(33)51-5/h6-18,27-28,30,32,35H,19-26H2,1-5H3,(H,43,47)(H,44,50)/t32-,35-,42+/m0/s1. The molecule has 2 aliphatic rings. The molecule has 3 amide bonds. The van der Waals surface area contributed by atoms with Gasteiger partial charge in [0.15, 0.2) is 0 Å². The van der Waals surface area contributed by atoms with Gasteiger partial charge in [-0.1, -0.05) is 66.7 Å². The Hall–Kier alpha value is -5.19. The van der Waals surface area contributed by atoms with Gasteiger partial charge in [-0.15, -0.1) is 0 Å². The van der Waals surface area contributed by atoms with E-state index in [4.69, 9.17) is 14.2 Å². The monoisotopic (exact) mass is 725 g/mol. The summed E-state index contributed by atoms with van der Waals surface area (Å²) in [5.41, 5.74) is 1.44. The lowest BCUT2D eigenvalue weighted by Crippen LogP contribution is -2.54. The number of esters is 2. The van der Waals surface area contributed by atoms with E-state index in [0.717, 1.165) is 11.1 Å². The number of para-hydroxylation sites is 1. The first-order valence-corrected chi connectivity index (χ1v) is 18.5. The molecule has 0 unspecified atom stereocenters. The van der Waals surface area contributed by atoms with Gasteiger partial charge in [-0.3, -0.25) is 19.2 Å². The number of nitrogens with one attached hydrogen (secondary N) is 2. The molecule has 0 saturated carbocycles. The van der Waals surface area contributed by atoms with Crippen molar-refractivity contribution >= 4 is 29.7 Å². The van der Waals surface area contributed by atoms with Crippen molar-refractivity contribution in [3.05, 3.63) is 101 Å². The molecule has 0 spiro atoms. The number of rotatable bonds is 13. The lowest BCUT2D eigenvalue weighted by molar-refractivity contribution is -0.153. The average Bonchev–Trinajstić information content (AvgIpc) is 3.15. The van der Waals surface area contributed by atoms with Gasteiger partial charge < -0.3 is 29.7 Å². The van der Waals surface area contributed by atoms with Crippen LogP contribution in [0.25, 0.3) is 0 Å². The molecule has 282 valence electrons. The van der Waals surface area contributed by atoms with Gasteiger partial charge in [-0.2, -0.15) is 0 Å². The highest BCUT2D eigenvalue weighted by molar-refractivity contribution is 5.98. The summed E-state index contributed by atoms with van der Waals surface area (Å²) in [6.45, 7) is 7.92. The van der Waals surface area contributed by atoms with E-state index in [1.54, 1.807) is 45.9 Å². The van der Waals surface area contributed by atoms with Gasteiger partial charge in [0.05, 0.1) is 36.2 Å². The summed E-state index contributed by atoms with van der Waals surface area (Å²) in [6, 6.07) is 22.8. The number of carbonyl (C=O) groups is 5. The van der Waals surface area contributed by atoms with Crippen LogP contribution in [0.3, 0.4) is 0 Å². The molecule has 1 saturated heterocycles. The van der Waals surface area contributed by atoms with Crippen LogP contribution in [0.1, 0.15) is 99.2 Å². The predicted molar refractivity (Wildman–Crippen MR) is 199 cm³/mol. The van der Waals surface area contributed by atoms with Crippen molar-refractivity contribution < 1.29 is 38.2 Å². The molecule has 1 aliphatic carbocycles. The molecule has 11 nitrogen and oxygen atoms in total. The number of fused-ring (bicyclic) bond motifs is 1. The summed E-state index contributed by atoms with van der Waals surface area (Å²) in [5, 5.41) is 6.07. The van der Waals surface area contributed by atoms with E-state index in [1.807, 2.05) is 65.6 Å². The third kappa shape index (κ3) is 9.07. The molecule has 3 aromatic carbocycles. The zero-order valence-electron chi connectivity index (χ0n) is 31.3. The molecular formula is C42H51N3O8. The molecular weight excluding hydrogens is 674 g/mol. The third-order valence-corrected chi connectivity index (χ3v) is 10.00. The topological polar surface area (TPSA) is 140 Å². The molecule has 11 heteroatoms. The van der Waals surface area contributed by atoms with Gasteiger partial charge in [0.25, 0.3) is 5.91 Å². The first-order valence-electron chi connectivity index (χ1n) is 18.5. The molecule has 0 bridgehead atoms. The van der Waals surface area contributed by atoms with E-state index in [9.17, 15) is 24.0 Å². The zero-order chi connectivity index (χ0) is 38.1. The van der Waals surface area contributed by atoms with Crippen LogP contribution >= 0.6 is 0 Å². The van der Waals surface area contributed by atoms with Crippen molar-refractivity contribution in [3.63, 3.8) is 0 Å². The molecule has 1 fully saturated rings. The predicted octanol–water partition coefficient (Wildman–Crippen LogP) is 5.45. The molecule has 0 aromatic heterocycles. The average molecular weight is 726 g/mol. The molecule has 3 aromatic rings. The van der Waals surface area contributed by atoms with Crippen LogP contribution in [0.15, 0.2) is 78.9 Å². The number of nitrogens with zero attached hydrogens (tertiary/aromatic N) is 1. The van der Waals surface area contributed by atoms with Crippen molar-refractivity contribution in [1.29, 1.82) is 0 Å². The lowest BCUT2D eigenvalue weighted by Gasteiger charge is -2.43. The van der Waals surface area contributed by atoms with Crippen molar-refractivity contribution in [1.82, 2.24) is 15.5 Å². The minimum Gasteiger partial charge on any atom is -0.496 e. The molecule has 53 heavy (non-hydrogen) atoms. The Labute approximate surface area is 311 Å². The molecule has 1 heterocycles. The Kier molecular flexibility index (Phi) is 12.9. The maximum Gasteiger partial charge on any atom is 0.328 e.